The zero-order valence-electron chi connectivity index (χ0n) is 25.0. The van der Waals surface area contributed by atoms with Crippen molar-refractivity contribution in [1.82, 2.24) is 0 Å². The summed E-state index contributed by atoms with van der Waals surface area (Å²) in [6, 6.07) is 41.6. The van der Waals surface area contributed by atoms with Crippen molar-refractivity contribution in [3.05, 3.63) is 162 Å². The Hall–Kier alpha value is -5.69. The van der Waals surface area contributed by atoms with Gasteiger partial charge in [-0.1, -0.05) is 91.0 Å². The number of anilines is 2. The first-order valence-electron chi connectivity index (χ1n) is 14.7. The number of carbonyl (C=O) groups excluding carboxylic acids is 3. The fraction of sp³-hybridized carbons (Fsp3) is 0.132. The Bertz CT molecular complexity index is 1710. The first-order chi connectivity index (χ1) is 22.0. The minimum atomic E-state index is -0.727. The number of methoxy groups -OCH3 is 1. The first kappa shape index (κ1) is 30.8. The van der Waals surface area contributed by atoms with E-state index in [0.29, 0.717) is 41.1 Å². The highest BCUT2D eigenvalue weighted by atomic mass is 16.5. The number of hydrogen-bond donors (Lipinski definition) is 1. The van der Waals surface area contributed by atoms with Crippen molar-refractivity contribution >= 4 is 29.0 Å². The monoisotopic (exact) mass is 598 g/mol. The van der Waals surface area contributed by atoms with Crippen molar-refractivity contribution in [3.63, 3.8) is 0 Å². The molecule has 0 spiro atoms. The number of esters is 1. The topological polar surface area (TPSA) is 84.9 Å². The maximum absolute atomic E-state index is 13.3. The lowest BCUT2D eigenvalue weighted by atomic mass is 10.00. The van der Waals surface area contributed by atoms with Crippen LogP contribution in [0, 0.1) is 0 Å². The molecule has 1 atom stereocenters. The third-order valence-corrected chi connectivity index (χ3v) is 7.30. The van der Waals surface area contributed by atoms with Crippen LogP contribution < -0.4 is 15.0 Å². The Balaban J connectivity index is 1.24. The van der Waals surface area contributed by atoms with Gasteiger partial charge in [0.25, 0.3) is 5.91 Å². The third kappa shape index (κ3) is 8.03. The van der Waals surface area contributed by atoms with Gasteiger partial charge in [-0.15, -0.1) is 0 Å². The lowest BCUT2D eigenvalue weighted by Gasteiger charge is -2.23. The number of hydrogen-bond acceptors (Lipinski definition) is 6. The van der Waals surface area contributed by atoms with Gasteiger partial charge in [0.15, 0.2) is 5.78 Å². The third-order valence-electron chi connectivity index (χ3n) is 7.30. The van der Waals surface area contributed by atoms with E-state index in [1.807, 2.05) is 97.1 Å². The quantitative estimate of drug-likeness (QED) is 0.118. The zero-order valence-corrected chi connectivity index (χ0v) is 25.0. The average molecular weight is 599 g/mol. The lowest BCUT2D eigenvalue weighted by molar-refractivity contribution is -0.141. The van der Waals surface area contributed by atoms with Crippen molar-refractivity contribution in [2.45, 2.75) is 12.5 Å². The number of ether oxygens (including phenoxy) is 2. The van der Waals surface area contributed by atoms with E-state index < -0.39 is 12.0 Å². The van der Waals surface area contributed by atoms with E-state index >= 15 is 0 Å². The number of para-hydroxylation sites is 2. The minimum Gasteiger partial charge on any atom is -0.492 e. The summed E-state index contributed by atoms with van der Waals surface area (Å²) in [6.45, 7) is 0.639. The Kier molecular flexibility index (Phi) is 10.4. The van der Waals surface area contributed by atoms with E-state index in [1.54, 1.807) is 47.4 Å². The van der Waals surface area contributed by atoms with Gasteiger partial charge >= 0.3 is 5.97 Å². The second kappa shape index (κ2) is 15.2. The zero-order chi connectivity index (χ0) is 31.4. The molecule has 0 saturated carbocycles. The smallest absolute Gasteiger partial charge is 0.328 e. The van der Waals surface area contributed by atoms with Crippen LogP contribution in [0.1, 0.15) is 31.8 Å². The predicted octanol–water partition coefficient (Wildman–Crippen LogP) is 6.84. The molecule has 0 aromatic heterocycles. The van der Waals surface area contributed by atoms with Gasteiger partial charge in [0.1, 0.15) is 18.4 Å². The van der Waals surface area contributed by atoms with Gasteiger partial charge < -0.3 is 19.7 Å². The van der Waals surface area contributed by atoms with Crippen molar-refractivity contribution < 1.29 is 23.9 Å². The van der Waals surface area contributed by atoms with Crippen LogP contribution in [0.4, 0.5) is 11.4 Å². The van der Waals surface area contributed by atoms with Gasteiger partial charge in [-0.3, -0.25) is 9.59 Å². The Morgan fingerprint density at radius 3 is 1.91 bits per heavy atom. The van der Waals surface area contributed by atoms with Gasteiger partial charge in [0.05, 0.1) is 13.7 Å². The van der Waals surface area contributed by atoms with Crippen LogP contribution in [-0.2, 0) is 16.0 Å². The SMILES string of the molecule is COC(=O)C(Cc1ccc(OCCN(C(=O)c2ccccc2)c2ccccc2)cc1)Nc1ccccc1C(=O)c1ccccc1. The molecule has 0 aliphatic rings. The number of carbonyl (C=O) groups is 3. The van der Waals surface area contributed by atoms with Crippen LogP contribution >= 0.6 is 0 Å². The molecule has 0 fully saturated rings. The van der Waals surface area contributed by atoms with Crippen molar-refractivity contribution in [3.8, 4) is 5.75 Å². The fourth-order valence-corrected chi connectivity index (χ4v) is 4.98. The van der Waals surface area contributed by atoms with Gasteiger partial charge in [-0.05, 0) is 54.1 Å². The summed E-state index contributed by atoms with van der Waals surface area (Å²) in [6.07, 6.45) is 0.328. The second-order valence-corrected chi connectivity index (χ2v) is 10.3. The molecule has 0 radical (unpaired) electrons. The molecule has 5 aromatic carbocycles. The van der Waals surface area contributed by atoms with Crippen LogP contribution in [0.15, 0.2) is 140 Å². The number of ketones is 1. The van der Waals surface area contributed by atoms with Gasteiger partial charge in [0, 0.05) is 34.5 Å². The van der Waals surface area contributed by atoms with E-state index in [9.17, 15) is 14.4 Å². The predicted molar refractivity (Wildman–Crippen MR) is 176 cm³/mol. The molecule has 5 aromatic rings. The maximum Gasteiger partial charge on any atom is 0.328 e. The molecule has 0 bridgehead atoms. The molecule has 45 heavy (non-hydrogen) atoms. The Morgan fingerprint density at radius 1 is 0.689 bits per heavy atom. The number of nitrogens with zero attached hydrogens (tertiary/aromatic N) is 1. The molecule has 1 N–H and O–H groups in total. The van der Waals surface area contributed by atoms with Crippen LogP contribution in [0.5, 0.6) is 5.75 Å². The molecule has 5 rings (SSSR count). The summed E-state index contributed by atoms with van der Waals surface area (Å²) in [7, 11) is 1.34. The number of amides is 1. The van der Waals surface area contributed by atoms with E-state index in [4.69, 9.17) is 9.47 Å². The highest BCUT2D eigenvalue weighted by Crippen LogP contribution is 2.23. The van der Waals surface area contributed by atoms with Gasteiger partial charge in [-0.25, -0.2) is 4.79 Å². The number of nitrogens with one attached hydrogen (secondary N) is 1. The van der Waals surface area contributed by atoms with Crippen LogP contribution in [0.2, 0.25) is 0 Å². The average Bonchev–Trinajstić information content (AvgIpc) is 3.11. The largest absolute Gasteiger partial charge is 0.492 e. The van der Waals surface area contributed by atoms with E-state index in [-0.39, 0.29) is 18.3 Å². The van der Waals surface area contributed by atoms with Crippen molar-refractivity contribution in [1.29, 1.82) is 0 Å². The van der Waals surface area contributed by atoms with Crippen LogP contribution in [-0.4, -0.2) is 44.0 Å². The first-order valence-corrected chi connectivity index (χ1v) is 14.7. The molecule has 1 amide bonds. The van der Waals surface area contributed by atoms with Crippen LogP contribution in [0.3, 0.4) is 0 Å². The molecule has 0 aliphatic carbocycles. The van der Waals surface area contributed by atoms with Gasteiger partial charge in [-0.2, -0.15) is 0 Å². The van der Waals surface area contributed by atoms with Crippen LogP contribution in [0.25, 0.3) is 0 Å². The molecule has 226 valence electrons. The Morgan fingerprint density at radius 2 is 1.27 bits per heavy atom. The molecule has 0 saturated heterocycles. The minimum absolute atomic E-state index is 0.103. The summed E-state index contributed by atoms with van der Waals surface area (Å²) >= 11 is 0. The fourth-order valence-electron chi connectivity index (χ4n) is 4.98. The molecular formula is C38H34N2O5. The van der Waals surface area contributed by atoms with E-state index in [0.717, 1.165) is 11.3 Å². The summed E-state index contributed by atoms with van der Waals surface area (Å²) < 4.78 is 11.1. The molecule has 0 heterocycles. The highest BCUT2D eigenvalue weighted by Gasteiger charge is 2.23. The summed E-state index contributed by atoms with van der Waals surface area (Å²) in [5, 5.41) is 3.23. The molecule has 7 heteroatoms. The standard InChI is InChI=1S/C38H34N2O5/c1-44-38(43)35(39-34-20-12-11-19-33(34)36(41)29-13-5-2-6-14-29)27-28-21-23-32(24-22-28)45-26-25-40(31-17-9-4-10-18-31)37(42)30-15-7-3-8-16-30/h2-24,35,39H,25-27H2,1H3. The molecule has 1 unspecified atom stereocenters. The molecule has 0 aliphatic heterocycles. The summed E-state index contributed by atoms with van der Waals surface area (Å²) in [5.74, 6) is -0.0454. The highest BCUT2D eigenvalue weighted by molar-refractivity contribution is 6.12. The Labute approximate surface area is 263 Å². The summed E-state index contributed by atoms with van der Waals surface area (Å²) in [5.41, 5.74) is 3.85. The molecular weight excluding hydrogens is 564 g/mol. The second-order valence-electron chi connectivity index (χ2n) is 10.3. The summed E-state index contributed by atoms with van der Waals surface area (Å²) in [4.78, 5) is 41.0. The van der Waals surface area contributed by atoms with Gasteiger partial charge in [0.2, 0.25) is 0 Å². The van der Waals surface area contributed by atoms with E-state index in [1.165, 1.54) is 7.11 Å². The van der Waals surface area contributed by atoms with Crippen molar-refractivity contribution in [2.75, 3.05) is 30.5 Å². The number of benzene rings is 5. The number of rotatable bonds is 13. The molecule has 7 nitrogen and oxygen atoms in total. The normalized spacial score (nSPS) is 11.2. The van der Waals surface area contributed by atoms with E-state index in [2.05, 4.69) is 5.32 Å². The van der Waals surface area contributed by atoms with Crippen molar-refractivity contribution in [2.24, 2.45) is 0 Å². The maximum atomic E-state index is 13.3. The lowest BCUT2D eigenvalue weighted by Crippen LogP contribution is -2.34.